The molecule has 1 aromatic heterocycles. The molecule has 6 heteroatoms. The van der Waals surface area contributed by atoms with E-state index in [9.17, 15) is 9.90 Å². The quantitative estimate of drug-likeness (QED) is 0.513. The normalized spacial score (nSPS) is 13.7. The van der Waals surface area contributed by atoms with Gasteiger partial charge >= 0.3 is 0 Å². The zero-order valence-electron chi connectivity index (χ0n) is 14.4. The number of nitrogens with one attached hydrogen (secondary N) is 1. The number of aliphatic hydroxyl groups excluding tert-OH is 1. The summed E-state index contributed by atoms with van der Waals surface area (Å²) in [4.78, 5) is 15.9. The van der Waals surface area contributed by atoms with E-state index in [2.05, 4.69) is 17.2 Å². The van der Waals surface area contributed by atoms with Gasteiger partial charge < -0.3 is 20.6 Å². The van der Waals surface area contributed by atoms with Gasteiger partial charge in [0.25, 0.3) is 5.91 Å². The lowest BCUT2D eigenvalue weighted by Gasteiger charge is -2.09. The maximum absolute atomic E-state index is 11.9. The van der Waals surface area contributed by atoms with Crippen LogP contribution in [0.5, 0.6) is 0 Å². The third-order valence-electron chi connectivity index (χ3n) is 3.88. The molecule has 0 spiro atoms. The lowest BCUT2D eigenvalue weighted by atomic mass is 10.1. The Bertz CT molecular complexity index is 446. The van der Waals surface area contributed by atoms with Gasteiger partial charge in [-0.25, -0.2) is 4.98 Å². The van der Waals surface area contributed by atoms with Crippen LogP contribution in [-0.2, 0) is 0 Å². The van der Waals surface area contributed by atoms with Crippen molar-refractivity contribution in [1.82, 2.24) is 10.3 Å². The number of carbonyl (C=O) groups is 1. The van der Waals surface area contributed by atoms with Gasteiger partial charge in [-0.05, 0) is 13.3 Å². The first-order chi connectivity index (χ1) is 11.1. The van der Waals surface area contributed by atoms with Gasteiger partial charge in [-0.3, -0.25) is 4.79 Å². The number of oxazole rings is 1. The maximum Gasteiger partial charge on any atom is 0.273 e. The number of aliphatic hydroxyl groups is 1. The van der Waals surface area contributed by atoms with Gasteiger partial charge in [0.15, 0.2) is 5.69 Å². The van der Waals surface area contributed by atoms with Crippen LogP contribution in [0.4, 0.5) is 0 Å². The van der Waals surface area contributed by atoms with Crippen molar-refractivity contribution in [2.75, 3.05) is 6.54 Å². The van der Waals surface area contributed by atoms with Crippen molar-refractivity contribution in [3.05, 3.63) is 17.8 Å². The molecule has 0 aliphatic heterocycles. The standard InChI is InChI=1S/C17H31N3O3/c1-3-4-5-6-7-8-9-10-11-19-16(22)14-12-23-17(20-14)15(18)13(2)21/h12-13,15,21H,3-11,18H2,1-2H3,(H,19,22). The van der Waals surface area contributed by atoms with Crippen molar-refractivity contribution in [3.8, 4) is 0 Å². The molecule has 0 radical (unpaired) electrons. The first kappa shape index (κ1) is 19.6. The minimum absolute atomic E-state index is 0.178. The van der Waals surface area contributed by atoms with E-state index >= 15 is 0 Å². The number of carbonyl (C=O) groups excluding carboxylic acids is 1. The highest BCUT2D eigenvalue weighted by atomic mass is 16.3. The van der Waals surface area contributed by atoms with Crippen LogP contribution in [0.25, 0.3) is 0 Å². The van der Waals surface area contributed by atoms with Gasteiger partial charge in [0.05, 0.1) is 6.10 Å². The second-order valence-electron chi connectivity index (χ2n) is 6.07. The molecular formula is C17H31N3O3. The largest absolute Gasteiger partial charge is 0.446 e. The number of hydrogen-bond acceptors (Lipinski definition) is 5. The molecule has 4 N–H and O–H groups in total. The molecule has 1 rings (SSSR count). The Morgan fingerprint density at radius 1 is 1.26 bits per heavy atom. The van der Waals surface area contributed by atoms with Crippen LogP contribution in [0.15, 0.2) is 10.7 Å². The Morgan fingerprint density at radius 3 is 2.48 bits per heavy atom. The Balaban J connectivity index is 2.15. The fourth-order valence-corrected chi connectivity index (χ4v) is 2.30. The molecule has 1 amide bonds. The van der Waals surface area contributed by atoms with Crippen LogP contribution in [-0.4, -0.2) is 28.6 Å². The number of amides is 1. The lowest BCUT2D eigenvalue weighted by Crippen LogP contribution is -2.26. The Kier molecular flexibility index (Phi) is 9.55. The Morgan fingerprint density at radius 2 is 1.87 bits per heavy atom. The summed E-state index contributed by atoms with van der Waals surface area (Å²) in [6, 6.07) is -0.718. The van der Waals surface area contributed by atoms with Gasteiger partial charge in [-0.15, -0.1) is 0 Å². The highest BCUT2D eigenvalue weighted by molar-refractivity contribution is 5.91. The van der Waals surface area contributed by atoms with Crippen molar-refractivity contribution < 1.29 is 14.3 Å². The Labute approximate surface area is 138 Å². The fourth-order valence-electron chi connectivity index (χ4n) is 2.30. The summed E-state index contributed by atoms with van der Waals surface area (Å²) in [6.07, 6.45) is 10.3. The molecule has 1 aromatic rings. The molecule has 2 unspecified atom stereocenters. The van der Waals surface area contributed by atoms with Crippen LogP contribution in [0.1, 0.15) is 87.6 Å². The molecule has 0 saturated carbocycles. The predicted octanol–water partition coefficient (Wildman–Crippen LogP) is 2.93. The molecular weight excluding hydrogens is 294 g/mol. The van der Waals surface area contributed by atoms with Crippen molar-refractivity contribution >= 4 is 5.91 Å². The maximum atomic E-state index is 11.9. The van der Waals surface area contributed by atoms with Crippen LogP contribution >= 0.6 is 0 Å². The summed E-state index contributed by atoms with van der Waals surface area (Å²) >= 11 is 0. The van der Waals surface area contributed by atoms with E-state index in [0.717, 1.165) is 12.8 Å². The van der Waals surface area contributed by atoms with Crippen molar-refractivity contribution in [2.45, 2.75) is 77.4 Å². The second kappa shape index (κ2) is 11.2. The number of hydrogen-bond donors (Lipinski definition) is 3. The number of nitrogens with two attached hydrogens (primary N) is 1. The average Bonchev–Trinajstić information content (AvgIpc) is 3.02. The summed E-state index contributed by atoms with van der Waals surface area (Å²) in [5.74, 6) is -0.0852. The van der Waals surface area contributed by atoms with E-state index < -0.39 is 12.1 Å². The number of unbranched alkanes of at least 4 members (excludes halogenated alkanes) is 7. The van der Waals surface area contributed by atoms with Crippen LogP contribution in [0, 0.1) is 0 Å². The zero-order chi connectivity index (χ0) is 17.1. The predicted molar refractivity (Wildman–Crippen MR) is 90.1 cm³/mol. The van der Waals surface area contributed by atoms with Crippen LogP contribution in [0.3, 0.4) is 0 Å². The topological polar surface area (TPSA) is 101 Å². The molecule has 2 atom stereocenters. The molecule has 0 aliphatic rings. The molecule has 23 heavy (non-hydrogen) atoms. The first-order valence-electron chi connectivity index (χ1n) is 8.73. The fraction of sp³-hybridized carbons (Fsp3) is 0.765. The molecule has 0 aliphatic carbocycles. The first-order valence-corrected chi connectivity index (χ1v) is 8.73. The molecule has 0 fully saturated rings. The number of rotatable bonds is 12. The summed E-state index contributed by atoms with van der Waals surface area (Å²) < 4.78 is 5.14. The molecule has 0 saturated heterocycles. The summed E-state index contributed by atoms with van der Waals surface area (Å²) in [7, 11) is 0. The van der Waals surface area contributed by atoms with Crippen molar-refractivity contribution in [2.24, 2.45) is 5.73 Å². The minimum atomic E-state index is -0.776. The number of aromatic nitrogens is 1. The second-order valence-corrected chi connectivity index (χ2v) is 6.07. The van der Waals surface area contributed by atoms with Crippen LogP contribution < -0.4 is 11.1 Å². The zero-order valence-corrected chi connectivity index (χ0v) is 14.4. The van der Waals surface area contributed by atoms with E-state index in [1.165, 1.54) is 44.8 Å². The van der Waals surface area contributed by atoms with Gasteiger partial charge in [-0.2, -0.15) is 0 Å². The minimum Gasteiger partial charge on any atom is -0.446 e. The third-order valence-corrected chi connectivity index (χ3v) is 3.88. The van der Waals surface area contributed by atoms with E-state index in [4.69, 9.17) is 10.2 Å². The van der Waals surface area contributed by atoms with E-state index in [0.29, 0.717) is 6.54 Å². The number of nitrogens with zero attached hydrogens (tertiary/aromatic N) is 1. The highest BCUT2D eigenvalue weighted by Gasteiger charge is 2.20. The van der Waals surface area contributed by atoms with Gasteiger partial charge in [0.1, 0.15) is 12.3 Å². The molecule has 1 heterocycles. The smallest absolute Gasteiger partial charge is 0.273 e. The van der Waals surface area contributed by atoms with Gasteiger partial charge in [0, 0.05) is 6.54 Å². The highest BCUT2D eigenvalue weighted by Crippen LogP contribution is 2.13. The summed E-state index contributed by atoms with van der Waals surface area (Å²) in [6.45, 7) is 4.41. The lowest BCUT2D eigenvalue weighted by molar-refractivity contribution is 0.0947. The van der Waals surface area contributed by atoms with Gasteiger partial charge in [0.2, 0.25) is 5.89 Å². The monoisotopic (exact) mass is 325 g/mol. The van der Waals surface area contributed by atoms with Gasteiger partial charge in [-0.1, -0.05) is 51.9 Å². The molecule has 132 valence electrons. The molecule has 0 bridgehead atoms. The van der Waals surface area contributed by atoms with E-state index in [1.54, 1.807) is 6.92 Å². The average molecular weight is 325 g/mol. The Hall–Kier alpha value is -1.40. The van der Waals surface area contributed by atoms with E-state index in [-0.39, 0.29) is 17.5 Å². The SMILES string of the molecule is CCCCCCCCCCNC(=O)c1coc(C(N)C(C)O)n1. The van der Waals surface area contributed by atoms with E-state index in [1.807, 2.05) is 0 Å². The van der Waals surface area contributed by atoms with Crippen molar-refractivity contribution in [3.63, 3.8) is 0 Å². The molecule has 6 nitrogen and oxygen atoms in total. The summed E-state index contributed by atoms with van der Waals surface area (Å²) in [5, 5.41) is 12.2. The summed E-state index contributed by atoms with van der Waals surface area (Å²) in [5.41, 5.74) is 5.92. The molecule has 0 aromatic carbocycles. The van der Waals surface area contributed by atoms with Crippen LogP contribution in [0.2, 0.25) is 0 Å². The van der Waals surface area contributed by atoms with Crippen molar-refractivity contribution in [1.29, 1.82) is 0 Å². The third kappa shape index (κ3) is 7.61.